The van der Waals surface area contributed by atoms with Gasteiger partial charge in [0.2, 0.25) is 5.91 Å². The van der Waals surface area contributed by atoms with Crippen LogP contribution in [0.2, 0.25) is 0 Å². The fourth-order valence-electron chi connectivity index (χ4n) is 1.61. The minimum Gasteiger partial charge on any atom is -0.400 e. The van der Waals surface area contributed by atoms with Gasteiger partial charge in [0.25, 0.3) is 0 Å². The zero-order chi connectivity index (χ0) is 17.5. The van der Waals surface area contributed by atoms with E-state index in [4.69, 9.17) is 4.42 Å². The number of aryl methyl sites for hydroxylation is 1. The van der Waals surface area contributed by atoms with Crippen molar-refractivity contribution in [3.05, 3.63) is 58.1 Å². The van der Waals surface area contributed by atoms with E-state index in [1.807, 2.05) is 30.6 Å². The van der Waals surface area contributed by atoms with Gasteiger partial charge in [-0.15, -0.1) is 0 Å². The fourth-order valence-corrected chi connectivity index (χ4v) is 1.61. The van der Waals surface area contributed by atoms with Crippen molar-refractivity contribution in [1.29, 1.82) is 0 Å². The van der Waals surface area contributed by atoms with Crippen molar-refractivity contribution in [1.82, 2.24) is 15.3 Å². The highest BCUT2D eigenvalue weighted by molar-refractivity contribution is 6.02. The van der Waals surface area contributed by atoms with Crippen LogP contribution in [0, 0.1) is 17.0 Å². The van der Waals surface area contributed by atoms with Crippen LogP contribution in [0.4, 0.5) is 10.7 Å². The number of imide groups is 1. The van der Waals surface area contributed by atoms with Gasteiger partial charge >= 0.3 is 11.9 Å². The topological polar surface area (TPSA) is 131 Å². The molecule has 0 aromatic carbocycles. The van der Waals surface area contributed by atoms with Crippen LogP contribution in [0.5, 0.6) is 0 Å². The lowest BCUT2D eigenvalue weighted by atomic mass is 10.3. The van der Waals surface area contributed by atoms with Gasteiger partial charge in [-0.3, -0.25) is 25.2 Å². The smallest absolute Gasteiger partial charge is 0.400 e. The van der Waals surface area contributed by atoms with E-state index in [1.54, 1.807) is 6.20 Å². The predicted molar refractivity (Wildman–Crippen MR) is 82.2 cm³/mol. The second-order valence-electron chi connectivity index (χ2n) is 4.62. The number of amides is 3. The monoisotopic (exact) mass is 331 g/mol. The number of hydrazone groups is 1. The van der Waals surface area contributed by atoms with E-state index in [9.17, 15) is 19.7 Å². The summed E-state index contributed by atoms with van der Waals surface area (Å²) in [6, 6.07) is 5.79. The maximum absolute atomic E-state index is 11.1. The molecule has 3 amide bonds. The van der Waals surface area contributed by atoms with Crippen molar-refractivity contribution in [3.63, 3.8) is 0 Å². The maximum Gasteiger partial charge on any atom is 0.433 e. The molecule has 1 N–H and O–H groups in total. The third-order valence-electron chi connectivity index (χ3n) is 2.70. The first-order valence-corrected chi connectivity index (χ1v) is 6.72. The van der Waals surface area contributed by atoms with Gasteiger partial charge in [-0.1, -0.05) is 6.07 Å². The molecule has 10 nitrogen and oxygen atoms in total. The molecule has 0 atom stereocenters. The van der Waals surface area contributed by atoms with Crippen LogP contribution in [0.25, 0.3) is 0 Å². The van der Waals surface area contributed by atoms with E-state index in [1.165, 1.54) is 11.6 Å². The van der Waals surface area contributed by atoms with Crippen LogP contribution in [-0.4, -0.2) is 39.6 Å². The molecule has 10 heteroatoms. The number of urea groups is 1. The van der Waals surface area contributed by atoms with Gasteiger partial charge in [0, 0.05) is 12.4 Å². The molecular weight excluding hydrogens is 318 g/mol. The summed E-state index contributed by atoms with van der Waals surface area (Å²) in [4.78, 5) is 35.4. The number of nitro groups is 1. The standard InChI is InChI=1S/C8H6N4O5.C6H7N/c13-6-4-11(8(14)10-6)9-3-5-1-2-7(17-5)12(15)16;1-6-3-2-4-7-5-6/h1-3H,4H2,(H,10,13,14);2-5H,1H3/b9-3+;. The molecule has 124 valence electrons. The number of carbonyl (C=O) groups excluding carboxylic acids is 2. The average Bonchev–Trinajstić information content (AvgIpc) is 3.13. The SMILES string of the molecule is Cc1cccnc1.O=C1CN(/N=C/c2ccc([N+](=O)[O-])o2)C(=O)N1. The van der Waals surface area contributed by atoms with Crippen LogP contribution < -0.4 is 5.32 Å². The van der Waals surface area contributed by atoms with Crippen molar-refractivity contribution >= 4 is 24.0 Å². The summed E-state index contributed by atoms with van der Waals surface area (Å²) in [5.74, 6) is -0.769. The first-order chi connectivity index (χ1) is 11.5. The van der Waals surface area contributed by atoms with Gasteiger partial charge in [-0.25, -0.2) is 9.80 Å². The molecule has 0 aliphatic carbocycles. The van der Waals surface area contributed by atoms with Crippen LogP contribution in [-0.2, 0) is 4.79 Å². The van der Waals surface area contributed by atoms with Gasteiger partial charge in [-0.2, -0.15) is 5.10 Å². The van der Waals surface area contributed by atoms with Crippen LogP contribution in [0.15, 0.2) is 46.2 Å². The van der Waals surface area contributed by atoms with Crippen molar-refractivity contribution in [2.75, 3.05) is 6.54 Å². The molecule has 2 aromatic heterocycles. The number of hydrogen-bond acceptors (Lipinski definition) is 7. The number of pyridine rings is 1. The van der Waals surface area contributed by atoms with Gasteiger partial charge in [0.15, 0.2) is 5.76 Å². The Labute approximate surface area is 135 Å². The Morgan fingerprint density at radius 2 is 2.21 bits per heavy atom. The van der Waals surface area contributed by atoms with Crippen molar-refractivity contribution in [2.45, 2.75) is 6.92 Å². The zero-order valence-corrected chi connectivity index (χ0v) is 12.6. The lowest BCUT2D eigenvalue weighted by Crippen LogP contribution is -2.24. The predicted octanol–water partition coefficient (Wildman–Crippen LogP) is 1.46. The normalized spacial score (nSPS) is 13.6. The molecule has 2 aromatic rings. The molecular formula is C14H13N5O5. The second-order valence-corrected chi connectivity index (χ2v) is 4.62. The van der Waals surface area contributed by atoms with Crippen LogP contribution in [0.1, 0.15) is 11.3 Å². The van der Waals surface area contributed by atoms with E-state index in [0.29, 0.717) is 0 Å². The Morgan fingerprint density at radius 1 is 1.42 bits per heavy atom. The van der Waals surface area contributed by atoms with Crippen LogP contribution in [0.3, 0.4) is 0 Å². The Balaban J connectivity index is 0.000000249. The first kappa shape index (κ1) is 16.8. The molecule has 0 unspecified atom stereocenters. The summed E-state index contributed by atoms with van der Waals surface area (Å²) < 4.78 is 4.78. The highest BCUT2D eigenvalue weighted by Gasteiger charge is 2.26. The van der Waals surface area contributed by atoms with Crippen LogP contribution >= 0.6 is 0 Å². The fraction of sp³-hybridized carbons (Fsp3) is 0.143. The molecule has 0 saturated carbocycles. The molecule has 3 heterocycles. The maximum atomic E-state index is 11.1. The number of nitrogens with zero attached hydrogens (tertiary/aromatic N) is 4. The molecule has 1 fully saturated rings. The number of hydrogen-bond donors (Lipinski definition) is 1. The third kappa shape index (κ3) is 4.73. The Morgan fingerprint density at radius 3 is 2.67 bits per heavy atom. The summed E-state index contributed by atoms with van der Waals surface area (Å²) in [5.41, 5.74) is 1.21. The lowest BCUT2D eigenvalue weighted by Gasteiger charge is -2.02. The zero-order valence-electron chi connectivity index (χ0n) is 12.6. The van der Waals surface area contributed by atoms with Gasteiger partial charge in [-0.05, 0) is 24.6 Å². The number of rotatable bonds is 3. The lowest BCUT2D eigenvalue weighted by molar-refractivity contribution is -0.402. The number of nitrogens with one attached hydrogen (secondary N) is 1. The van der Waals surface area contributed by atoms with Gasteiger partial charge in [0.05, 0.1) is 12.3 Å². The molecule has 0 spiro atoms. The molecule has 24 heavy (non-hydrogen) atoms. The molecule has 3 rings (SSSR count). The molecule has 1 saturated heterocycles. The van der Waals surface area contributed by atoms with E-state index in [2.05, 4.69) is 10.1 Å². The largest absolute Gasteiger partial charge is 0.433 e. The van der Waals surface area contributed by atoms with Gasteiger partial charge in [0.1, 0.15) is 11.5 Å². The Hall–Kier alpha value is -3.56. The van der Waals surface area contributed by atoms with Crippen molar-refractivity contribution in [2.24, 2.45) is 5.10 Å². The summed E-state index contributed by atoms with van der Waals surface area (Å²) >= 11 is 0. The van der Waals surface area contributed by atoms with E-state index >= 15 is 0 Å². The highest BCUT2D eigenvalue weighted by Crippen LogP contribution is 2.14. The molecule has 1 aliphatic heterocycles. The van der Waals surface area contributed by atoms with Crippen molar-refractivity contribution < 1.29 is 18.9 Å². The minimum atomic E-state index is -0.691. The third-order valence-corrected chi connectivity index (χ3v) is 2.70. The van der Waals surface area contributed by atoms with E-state index in [-0.39, 0.29) is 12.3 Å². The molecule has 0 radical (unpaired) electrons. The minimum absolute atomic E-state index is 0.115. The summed E-state index contributed by atoms with van der Waals surface area (Å²) in [6.45, 7) is 1.84. The second kappa shape index (κ2) is 7.63. The average molecular weight is 331 g/mol. The quantitative estimate of drug-likeness (QED) is 0.392. The summed E-state index contributed by atoms with van der Waals surface area (Å²) in [6.07, 6.45) is 4.72. The molecule has 0 bridgehead atoms. The number of furan rings is 1. The van der Waals surface area contributed by atoms with E-state index < -0.39 is 22.7 Å². The first-order valence-electron chi connectivity index (χ1n) is 6.72. The summed E-state index contributed by atoms with van der Waals surface area (Å²) in [7, 11) is 0. The van der Waals surface area contributed by atoms with Crippen molar-refractivity contribution in [3.8, 4) is 0 Å². The Kier molecular flexibility index (Phi) is 5.34. The molecule has 1 aliphatic rings. The van der Waals surface area contributed by atoms with Gasteiger partial charge < -0.3 is 4.42 Å². The van der Waals surface area contributed by atoms with E-state index in [0.717, 1.165) is 17.3 Å². The number of carbonyl (C=O) groups is 2. The number of aromatic nitrogens is 1. The summed E-state index contributed by atoms with van der Waals surface area (Å²) in [5, 5.41) is 16.9. The highest BCUT2D eigenvalue weighted by atomic mass is 16.6. The Bertz CT molecular complexity index is 771.